The van der Waals surface area contributed by atoms with Crippen molar-refractivity contribution in [1.29, 1.82) is 0 Å². The molecule has 0 bridgehead atoms. The number of aryl methyl sites for hydroxylation is 1. The van der Waals surface area contributed by atoms with Gasteiger partial charge in [0, 0.05) is 13.1 Å². The molecule has 0 radical (unpaired) electrons. The van der Waals surface area contributed by atoms with Gasteiger partial charge >= 0.3 is 0 Å². The van der Waals surface area contributed by atoms with Crippen LogP contribution in [0.5, 0.6) is 11.5 Å². The summed E-state index contributed by atoms with van der Waals surface area (Å²) in [6.45, 7) is 3.60. The lowest BCUT2D eigenvalue weighted by atomic mass is 10.1. The molecule has 4 heteroatoms. The van der Waals surface area contributed by atoms with Crippen LogP contribution in [0.4, 0.5) is 0 Å². The van der Waals surface area contributed by atoms with Gasteiger partial charge in [0.25, 0.3) is 5.91 Å². The zero-order valence-electron chi connectivity index (χ0n) is 11.2. The average Bonchev–Trinajstić information content (AvgIpc) is 2.91. The van der Waals surface area contributed by atoms with Crippen LogP contribution in [0.3, 0.4) is 0 Å². The van der Waals surface area contributed by atoms with Crippen molar-refractivity contribution in [3.05, 3.63) is 23.3 Å². The molecule has 1 heterocycles. The number of amides is 1. The van der Waals surface area contributed by atoms with Gasteiger partial charge in [-0.1, -0.05) is 0 Å². The van der Waals surface area contributed by atoms with Crippen LogP contribution in [0.25, 0.3) is 0 Å². The molecule has 0 aliphatic carbocycles. The minimum absolute atomic E-state index is 0.0302. The zero-order valence-corrected chi connectivity index (χ0v) is 11.2. The Morgan fingerprint density at radius 3 is 2.28 bits per heavy atom. The minimum Gasteiger partial charge on any atom is -0.496 e. The van der Waals surface area contributed by atoms with Gasteiger partial charge in [0.2, 0.25) is 0 Å². The van der Waals surface area contributed by atoms with Crippen molar-refractivity contribution in [2.45, 2.75) is 19.8 Å². The summed E-state index contributed by atoms with van der Waals surface area (Å²) < 4.78 is 10.6. The molecule has 0 saturated carbocycles. The van der Waals surface area contributed by atoms with E-state index in [0.29, 0.717) is 11.3 Å². The number of ether oxygens (including phenoxy) is 2. The molecular formula is C14H19NO3. The van der Waals surface area contributed by atoms with E-state index in [-0.39, 0.29) is 5.91 Å². The Balaban J connectivity index is 2.38. The molecule has 18 heavy (non-hydrogen) atoms. The molecule has 0 aromatic heterocycles. The first-order valence-corrected chi connectivity index (χ1v) is 6.19. The third-order valence-corrected chi connectivity index (χ3v) is 3.34. The lowest BCUT2D eigenvalue weighted by Crippen LogP contribution is -2.28. The molecule has 1 aliphatic heterocycles. The van der Waals surface area contributed by atoms with E-state index < -0.39 is 0 Å². The van der Waals surface area contributed by atoms with Crippen LogP contribution < -0.4 is 9.47 Å². The fourth-order valence-electron chi connectivity index (χ4n) is 2.31. The van der Waals surface area contributed by atoms with Gasteiger partial charge in [-0.25, -0.2) is 0 Å². The van der Waals surface area contributed by atoms with Crippen molar-refractivity contribution in [3.63, 3.8) is 0 Å². The minimum atomic E-state index is 0.0302. The maximum absolute atomic E-state index is 12.4. The molecular weight excluding hydrogens is 230 g/mol. The third kappa shape index (κ3) is 2.28. The van der Waals surface area contributed by atoms with Gasteiger partial charge in [-0.2, -0.15) is 0 Å². The van der Waals surface area contributed by atoms with E-state index >= 15 is 0 Å². The molecule has 0 spiro atoms. The molecule has 1 aromatic rings. The summed E-state index contributed by atoms with van der Waals surface area (Å²) in [7, 11) is 3.20. The van der Waals surface area contributed by atoms with Crippen LogP contribution in [0, 0.1) is 6.92 Å². The molecule has 1 aliphatic rings. The first kappa shape index (κ1) is 12.7. The summed E-state index contributed by atoms with van der Waals surface area (Å²) in [6, 6.07) is 3.62. The average molecular weight is 249 g/mol. The largest absolute Gasteiger partial charge is 0.496 e. The molecule has 1 aromatic carbocycles. The second kappa shape index (κ2) is 5.29. The lowest BCUT2D eigenvalue weighted by molar-refractivity contribution is 0.0789. The molecule has 4 nitrogen and oxygen atoms in total. The smallest absolute Gasteiger partial charge is 0.257 e. The molecule has 0 N–H and O–H groups in total. The summed E-state index contributed by atoms with van der Waals surface area (Å²) in [5.74, 6) is 1.37. The molecule has 0 unspecified atom stereocenters. The number of nitrogens with zero attached hydrogens (tertiary/aromatic N) is 1. The summed E-state index contributed by atoms with van der Waals surface area (Å²) >= 11 is 0. The molecule has 1 fully saturated rings. The number of benzene rings is 1. The van der Waals surface area contributed by atoms with E-state index in [9.17, 15) is 4.79 Å². The standard InChI is InChI=1S/C14H19NO3/c1-10-8-13(18-3)11(9-12(10)17-2)14(16)15-6-4-5-7-15/h8-9H,4-7H2,1-3H3. The summed E-state index contributed by atoms with van der Waals surface area (Å²) in [5.41, 5.74) is 1.55. The topological polar surface area (TPSA) is 38.8 Å². The number of carbonyl (C=O) groups excluding carboxylic acids is 1. The second-order valence-electron chi connectivity index (χ2n) is 4.52. The fraction of sp³-hybridized carbons (Fsp3) is 0.500. The highest BCUT2D eigenvalue weighted by molar-refractivity contribution is 5.97. The Morgan fingerprint density at radius 2 is 1.72 bits per heavy atom. The predicted octanol–water partition coefficient (Wildman–Crippen LogP) is 2.25. The maximum Gasteiger partial charge on any atom is 0.257 e. The van der Waals surface area contributed by atoms with E-state index in [0.717, 1.165) is 37.2 Å². The Hall–Kier alpha value is -1.71. The van der Waals surface area contributed by atoms with Crippen molar-refractivity contribution in [2.24, 2.45) is 0 Å². The van der Waals surface area contributed by atoms with Crippen molar-refractivity contribution in [3.8, 4) is 11.5 Å². The summed E-state index contributed by atoms with van der Waals surface area (Å²) in [5, 5.41) is 0. The Labute approximate surface area is 107 Å². The highest BCUT2D eigenvalue weighted by Crippen LogP contribution is 2.29. The van der Waals surface area contributed by atoms with Crippen molar-refractivity contribution in [1.82, 2.24) is 4.90 Å². The van der Waals surface area contributed by atoms with Gasteiger partial charge in [-0.05, 0) is 37.5 Å². The van der Waals surface area contributed by atoms with Gasteiger partial charge in [0.1, 0.15) is 11.5 Å². The number of hydrogen-bond donors (Lipinski definition) is 0. The number of rotatable bonds is 3. The maximum atomic E-state index is 12.4. The van der Waals surface area contributed by atoms with Gasteiger partial charge in [-0.15, -0.1) is 0 Å². The van der Waals surface area contributed by atoms with Gasteiger partial charge in [-0.3, -0.25) is 4.79 Å². The zero-order chi connectivity index (χ0) is 13.1. The predicted molar refractivity (Wildman–Crippen MR) is 69.4 cm³/mol. The van der Waals surface area contributed by atoms with E-state index in [1.54, 1.807) is 20.3 Å². The number of likely N-dealkylation sites (tertiary alicyclic amines) is 1. The molecule has 98 valence electrons. The van der Waals surface area contributed by atoms with E-state index in [4.69, 9.17) is 9.47 Å². The first-order valence-electron chi connectivity index (χ1n) is 6.19. The third-order valence-electron chi connectivity index (χ3n) is 3.34. The first-order chi connectivity index (χ1) is 8.67. The van der Waals surface area contributed by atoms with Crippen molar-refractivity contribution in [2.75, 3.05) is 27.3 Å². The monoisotopic (exact) mass is 249 g/mol. The van der Waals surface area contributed by atoms with Crippen molar-refractivity contribution >= 4 is 5.91 Å². The summed E-state index contributed by atoms with van der Waals surface area (Å²) in [6.07, 6.45) is 2.16. The SMILES string of the molecule is COc1cc(C(=O)N2CCCC2)c(OC)cc1C. The molecule has 0 atom stereocenters. The highest BCUT2D eigenvalue weighted by atomic mass is 16.5. The van der Waals surface area contributed by atoms with Crippen LogP contribution in [-0.2, 0) is 0 Å². The van der Waals surface area contributed by atoms with Gasteiger partial charge in [0.05, 0.1) is 19.8 Å². The van der Waals surface area contributed by atoms with Gasteiger partial charge in [0.15, 0.2) is 0 Å². The Kier molecular flexibility index (Phi) is 3.75. The van der Waals surface area contributed by atoms with E-state index in [1.165, 1.54) is 0 Å². The number of carbonyl (C=O) groups is 1. The molecule has 1 saturated heterocycles. The van der Waals surface area contributed by atoms with Crippen LogP contribution in [0.2, 0.25) is 0 Å². The highest BCUT2D eigenvalue weighted by Gasteiger charge is 2.23. The Bertz CT molecular complexity index is 451. The van der Waals surface area contributed by atoms with Crippen LogP contribution in [0.1, 0.15) is 28.8 Å². The van der Waals surface area contributed by atoms with Gasteiger partial charge < -0.3 is 14.4 Å². The lowest BCUT2D eigenvalue weighted by Gasteiger charge is -2.18. The van der Waals surface area contributed by atoms with E-state index in [2.05, 4.69) is 0 Å². The number of hydrogen-bond acceptors (Lipinski definition) is 3. The number of methoxy groups -OCH3 is 2. The fourth-order valence-corrected chi connectivity index (χ4v) is 2.31. The molecule has 2 rings (SSSR count). The van der Waals surface area contributed by atoms with Crippen LogP contribution in [0.15, 0.2) is 12.1 Å². The Morgan fingerprint density at radius 1 is 1.11 bits per heavy atom. The summed E-state index contributed by atoms with van der Waals surface area (Å²) in [4.78, 5) is 14.3. The van der Waals surface area contributed by atoms with Crippen molar-refractivity contribution < 1.29 is 14.3 Å². The second-order valence-corrected chi connectivity index (χ2v) is 4.52. The quantitative estimate of drug-likeness (QED) is 0.824. The van der Waals surface area contributed by atoms with Crippen LogP contribution >= 0.6 is 0 Å². The normalized spacial score (nSPS) is 14.7. The van der Waals surface area contributed by atoms with E-state index in [1.807, 2.05) is 17.9 Å². The van der Waals surface area contributed by atoms with Crippen LogP contribution in [-0.4, -0.2) is 38.1 Å². The molecule has 1 amide bonds.